The van der Waals surface area contributed by atoms with Crippen molar-refractivity contribution in [1.82, 2.24) is 0 Å². The van der Waals surface area contributed by atoms with Gasteiger partial charge in [0.25, 0.3) is 0 Å². The molecule has 0 aromatic heterocycles. The Kier molecular flexibility index (Phi) is 4.08. The van der Waals surface area contributed by atoms with Crippen molar-refractivity contribution in [2.24, 2.45) is 29.1 Å². The Morgan fingerprint density at radius 2 is 1.67 bits per heavy atom. The summed E-state index contributed by atoms with van der Waals surface area (Å²) in [7, 11) is 0. The van der Waals surface area contributed by atoms with Crippen LogP contribution in [0.2, 0.25) is 0 Å². The molecule has 0 aromatic rings. The van der Waals surface area contributed by atoms with E-state index in [4.69, 9.17) is 0 Å². The predicted octanol–water partition coefficient (Wildman–Crippen LogP) is 3.22. The van der Waals surface area contributed by atoms with E-state index in [1.807, 2.05) is 0 Å². The lowest BCUT2D eigenvalue weighted by Crippen LogP contribution is -2.36. The molecule has 106 valence electrons. The summed E-state index contributed by atoms with van der Waals surface area (Å²) < 4.78 is 0. The Hall–Kier alpha value is -0.0800. The van der Waals surface area contributed by atoms with Crippen molar-refractivity contribution in [2.45, 2.75) is 72.0 Å². The molecule has 0 aromatic carbocycles. The first-order valence-corrected chi connectivity index (χ1v) is 7.70. The van der Waals surface area contributed by atoms with Gasteiger partial charge in [-0.05, 0) is 54.8 Å². The minimum absolute atomic E-state index is 0.116. The molecule has 0 heterocycles. The fourth-order valence-corrected chi connectivity index (χ4v) is 4.48. The van der Waals surface area contributed by atoms with Gasteiger partial charge in [-0.1, -0.05) is 34.1 Å². The second-order valence-corrected chi connectivity index (χ2v) is 7.57. The van der Waals surface area contributed by atoms with Crippen molar-refractivity contribution in [3.05, 3.63) is 0 Å². The smallest absolute Gasteiger partial charge is 0.0573 e. The first-order chi connectivity index (χ1) is 8.34. The van der Waals surface area contributed by atoms with Crippen LogP contribution in [0.25, 0.3) is 0 Å². The third kappa shape index (κ3) is 2.46. The quantitative estimate of drug-likeness (QED) is 0.812. The van der Waals surface area contributed by atoms with E-state index in [-0.39, 0.29) is 17.6 Å². The summed E-state index contributed by atoms with van der Waals surface area (Å²) in [5, 5.41) is 20.4. The predicted molar refractivity (Wildman–Crippen MR) is 74.2 cm³/mol. The van der Waals surface area contributed by atoms with E-state index < -0.39 is 0 Å². The Morgan fingerprint density at radius 3 is 2.11 bits per heavy atom. The van der Waals surface area contributed by atoms with Crippen molar-refractivity contribution >= 4 is 0 Å². The van der Waals surface area contributed by atoms with E-state index in [0.29, 0.717) is 23.7 Å². The van der Waals surface area contributed by atoms with Crippen LogP contribution in [0.15, 0.2) is 0 Å². The van der Waals surface area contributed by atoms with Crippen LogP contribution in [0.4, 0.5) is 0 Å². The van der Waals surface area contributed by atoms with Gasteiger partial charge < -0.3 is 10.2 Å². The van der Waals surface area contributed by atoms with Crippen LogP contribution in [0, 0.1) is 29.1 Å². The van der Waals surface area contributed by atoms with Gasteiger partial charge in [-0.15, -0.1) is 0 Å². The van der Waals surface area contributed by atoms with Crippen molar-refractivity contribution < 1.29 is 10.2 Å². The Balaban J connectivity index is 2.07. The van der Waals surface area contributed by atoms with Gasteiger partial charge in [0, 0.05) is 0 Å². The molecule has 2 aliphatic carbocycles. The zero-order valence-electron chi connectivity index (χ0n) is 12.4. The minimum atomic E-state index is -0.132. The largest absolute Gasteiger partial charge is 0.393 e. The highest BCUT2D eigenvalue weighted by Gasteiger charge is 2.48. The van der Waals surface area contributed by atoms with E-state index in [9.17, 15) is 10.2 Å². The Labute approximate surface area is 112 Å². The third-order valence-corrected chi connectivity index (χ3v) is 5.92. The lowest BCUT2D eigenvalue weighted by atomic mass is 9.66. The maximum absolute atomic E-state index is 10.2. The summed E-state index contributed by atoms with van der Waals surface area (Å²) in [5.74, 6) is 2.01. The minimum Gasteiger partial charge on any atom is -0.393 e. The van der Waals surface area contributed by atoms with Gasteiger partial charge in [-0.2, -0.15) is 0 Å². The van der Waals surface area contributed by atoms with Crippen molar-refractivity contribution in [3.63, 3.8) is 0 Å². The van der Waals surface area contributed by atoms with Crippen LogP contribution in [-0.4, -0.2) is 22.4 Å². The summed E-state index contributed by atoms with van der Waals surface area (Å²) in [6, 6.07) is 0. The summed E-state index contributed by atoms with van der Waals surface area (Å²) in [5.41, 5.74) is 0.167. The fraction of sp³-hybridized carbons (Fsp3) is 1.00. The summed E-state index contributed by atoms with van der Waals surface area (Å²) >= 11 is 0. The summed E-state index contributed by atoms with van der Waals surface area (Å²) in [6.45, 7) is 9.06. The molecule has 2 aliphatic rings. The Morgan fingerprint density at radius 1 is 1.00 bits per heavy atom. The maximum atomic E-state index is 10.2. The molecule has 2 rings (SSSR count). The first-order valence-electron chi connectivity index (χ1n) is 7.70. The molecule has 2 nitrogen and oxygen atoms in total. The van der Waals surface area contributed by atoms with Gasteiger partial charge in [-0.25, -0.2) is 0 Å². The number of rotatable bonds is 3. The molecule has 0 radical (unpaired) electrons. The van der Waals surface area contributed by atoms with E-state index in [1.165, 1.54) is 0 Å². The van der Waals surface area contributed by atoms with Gasteiger partial charge in [0.2, 0.25) is 0 Å². The topological polar surface area (TPSA) is 40.5 Å². The SMILES string of the molecule is CC(C)C1CC(C(C)(C)C2CCC[C@@H]2O)C[C@H]1O. The van der Waals surface area contributed by atoms with E-state index in [1.54, 1.807) is 0 Å². The monoisotopic (exact) mass is 254 g/mol. The number of hydrogen-bond donors (Lipinski definition) is 2. The van der Waals surface area contributed by atoms with Gasteiger partial charge >= 0.3 is 0 Å². The molecule has 0 bridgehead atoms. The molecule has 18 heavy (non-hydrogen) atoms. The van der Waals surface area contributed by atoms with Gasteiger partial charge in [0.05, 0.1) is 12.2 Å². The van der Waals surface area contributed by atoms with Gasteiger partial charge in [-0.3, -0.25) is 0 Å². The summed E-state index contributed by atoms with van der Waals surface area (Å²) in [4.78, 5) is 0. The number of aliphatic hydroxyl groups excluding tert-OH is 2. The van der Waals surface area contributed by atoms with Crippen LogP contribution in [0.5, 0.6) is 0 Å². The lowest BCUT2D eigenvalue weighted by molar-refractivity contribution is 0.0184. The fourth-order valence-electron chi connectivity index (χ4n) is 4.48. The van der Waals surface area contributed by atoms with Crippen LogP contribution in [-0.2, 0) is 0 Å². The van der Waals surface area contributed by atoms with Crippen molar-refractivity contribution in [1.29, 1.82) is 0 Å². The molecule has 0 saturated heterocycles. The maximum Gasteiger partial charge on any atom is 0.0573 e. The molecule has 2 N–H and O–H groups in total. The van der Waals surface area contributed by atoms with E-state index >= 15 is 0 Å². The van der Waals surface area contributed by atoms with Crippen LogP contribution in [0.1, 0.15) is 59.8 Å². The molecular weight excluding hydrogens is 224 g/mol. The lowest BCUT2D eigenvalue weighted by Gasteiger charge is -2.39. The average molecular weight is 254 g/mol. The molecule has 2 heteroatoms. The van der Waals surface area contributed by atoms with E-state index in [0.717, 1.165) is 32.1 Å². The second kappa shape index (κ2) is 5.13. The zero-order chi connectivity index (χ0) is 13.5. The van der Waals surface area contributed by atoms with Crippen LogP contribution >= 0.6 is 0 Å². The molecule has 3 unspecified atom stereocenters. The van der Waals surface area contributed by atoms with Gasteiger partial charge in [0.15, 0.2) is 0 Å². The standard InChI is InChI=1S/C16H30O2/c1-10(2)12-8-11(9-15(12)18)16(3,4)13-6-5-7-14(13)17/h10-15,17-18H,5-9H2,1-4H3/t11?,12?,13?,14-,15+/m0/s1. The molecule has 5 atom stereocenters. The molecule has 0 aliphatic heterocycles. The highest BCUT2D eigenvalue weighted by molar-refractivity contribution is 4.97. The second-order valence-electron chi connectivity index (χ2n) is 7.57. The average Bonchev–Trinajstić information content (AvgIpc) is 2.84. The Bertz CT molecular complexity index is 285. The zero-order valence-corrected chi connectivity index (χ0v) is 12.4. The summed E-state index contributed by atoms with van der Waals surface area (Å²) in [6.07, 6.45) is 5.11. The van der Waals surface area contributed by atoms with Crippen molar-refractivity contribution in [2.75, 3.05) is 0 Å². The molecule has 0 amide bonds. The first kappa shape index (κ1) is 14.3. The van der Waals surface area contributed by atoms with Gasteiger partial charge in [0.1, 0.15) is 0 Å². The molecule has 0 spiro atoms. The number of aliphatic hydroxyl groups is 2. The highest BCUT2D eigenvalue weighted by Crippen LogP contribution is 2.52. The van der Waals surface area contributed by atoms with E-state index in [2.05, 4.69) is 27.7 Å². The van der Waals surface area contributed by atoms with Crippen LogP contribution in [0.3, 0.4) is 0 Å². The third-order valence-electron chi connectivity index (χ3n) is 5.92. The number of hydrogen-bond acceptors (Lipinski definition) is 2. The molecular formula is C16H30O2. The molecule has 2 saturated carbocycles. The normalized spacial score (nSPS) is 41.8. The van der Waals surface area contributed by atoms with Crippen molar-refractivity contribution in [3.8, 4) is 0 Å². The molecule has 2 fully saturated rings. The highest BCUT2D eigenvalue weighted by atomic mass is 16.3. The van der Waals surface area contributed by atoms with Crippen LogP contribution < -0.4 is 0 Å².